The summed E-state index contributed by atoms with van der Waals surface area (Å²) in [4.78, 5) is 32.5. The second kappa shape index (κ2) is 7.31. The fourth-order valence-corrected chi connectivity index (χ4v) is 3.80. The summed E-state index contributed by atoms with van der Waals surface area (Å²) in [5.41, 5.74) is 0.353. The van der Waals surface area contributed by atoms with E-state index in [2.05, 4.69) is 0 Å². The van der Waals surface area contributed by atoms with Crippen LogP contribution in [0.15, 0.2) is 48.5 Å². The Labute approximate surface area is 161 Å². The van der Waals surface area contributed by atoms with Gasteiger partial charge in [-0.1, -0.05) is 30.3 Å². The van der Waals surface area contributed by atoms with E-state index in [4.69, 9.17) is 4.84 Å². The number of piperidine rings is 1. The smallest absolute Gasteiger partial charge is 0.254 e. The third-order valence-electron chi connectivity index (χ3n) is 5.30. The zero-order valence-corrected chi connectivity index (χ0v) is 15.2. The maximum absolute atomic E-state index is 13.4. The van der Waals surface area contributed by atoms with Gasteiger partial charge in [0.2, 0.25) is 5.91 Å². The molecule has 2 aliphatic rings. The predicted octanol–water partition coefficient (Wildman–Crippen LogP) is 3.30. The van der Waals surface area contributed by atoms with Crippen molar-refractivity contribution in [3.63, 3.8) is 0 Å². The molecule has 2 aromatic rings. The van der Waals surface area contributed by atoms with Crippen LogP contribution in [0.1, 0.15) is 35.2 Å². The molecule has 2 aromatic carbocycles. The number of hydrogen-bond donors (Lipinski definition) is 0. The molecule has 0 aromatic heterocycles. The minimum absolute atomic E-state index is 0.0115. The number of likely N-dealkylation sites (tertiary alicyclic amines) is 1. The van der Waals surface area contributed by atoms with E-state index in [1.165, 1.54) is 5.06 Å². The van der Waals surface area contributed by atoms with Crippen LogP contribution in [0.2, 0.25) is 0 Å². The summed E-state index contributed by atoms with van der Waals surface area (Å²) >= 11 is 0. The number of halogens is 2. The molecule has 0 bridgehead atoms. The van der Waals surface area contributed by atoms with Gasteiger partial charge in [-0.05, 0) is 30.5 Å². The molecule has 0 radical (unpaired) electrons. The van der Waals surface area contributed by atoms with Crippen molar-refractivity contribution in [1.82, 2.24) is 9.96 Å². The third kappa shape index (κ3) is 3.75. The second-order valence-electron chi connectivity index (χ2n) is 7.32. The average molecular weight is 386 g/mol. The van der Waals surface area contributed by atoms with E-state index in [1.807, 2.05) is 30.3 Å². The van der Waals surface area contributed by atoms with Crippen molar-refractivity contribution < 1.29 is 23.2 Å². The number of carbonyl (C=O) groups is 2. The lowest BCUT2D eigenvalue weighted by molar-refractivity contribution is -0.213. The van der Waals surface area contributed by atoms with Crippen molar-refractivity contribution >= 4 is 11.8 Å². The Morgan fingerprint density at radius 1 is 1.04 bits per heavy atom. The first-order chi connectivity index (χ1) is 13.4. The van der Waals surface area contributed by atoms with Crippen molar-refractivity contribution in [2.75, 3.05) is 13.1 Å². The number of carbonyl (C=O) groups excluding carboxylic acids is 2. The van der Waals surface area contributed by atoms with Gasteiger partial charge in [0.1, 0.15) is 17.2 Å². The van der Waals surface area contributed by atoms with E-state index in [-0.39, 0.29) is 17.9 Å². The summed E-state index contributed by atoms with van der Waals surface area (Å²) in [5, 5.41) is 1.40. The van der Waals surface area contributed by atoms with E-state index in [0.29, 0.717) is 32.5 Å². The Kier molecular flexibility index (Phi) is 4.85. The molecule has 1 spiro atoms. The van der Waals surface area contributed by atoms with Crippen LogP contribution < -0.4 is 0 Å². The van der Waals surface area contributed by atoms with Gasteiger partial charge in [-0.2, -0.15) is 0 Å². The molecule has 2 amide bonds. The van der Waals surface area contributed by atoms with Gasteiger partial charge in [0, 0.05) is 24.7 Å². The van der Waals surface area contributed by atoms with Crippen LogP contribution in [-0.2, 0) is 16.2 Å². The molecule has 28 heavy (non-hydrogen) atoms. The number of hydrogen-bond acceptors (Lipinski definition) is 3. The van der Waals surface area contributed by atoms with Crippen LogP contribution in [0.5, 0.6) is 0 Å². The number of rotatable bonds is 3. The van der Waals surface area contributed by atoms with E-state index in [9.17, 15) is 18.4 Å². The Morgan fingerprint density at radius 2 is 1.68 bits per heavy atom. The maximum atomic E-state index is 13.4. The molecule has 2 aliphatic heterocycles. The van der Waals surface area contributed by atoms with Gasteiger partial charge in [0.15, 0.2) is 0 Å². The molecule has 5 nitrogen and oxygen atoms in total. The quantitative estimate of drug-likeness (QED) is 0.813. The van der Waals surface area contributed by atoms with Crippen LogP contribution >= 0.6 is 0 Å². The molecule has 2 saturated heterocycles. The largest absolute Gasteiger partial charge is 0.338 e. The highest BCUT2D eigenvalue weighted by Gasteiger charge is 2.47. The van der Waals surface area contributed by atoms with Gasteiger partial charge < -0.3 is 4.90 Å². The summed E-state index contributed by atoms with van der Waals surface area (Å²) in [6.07, 6.45) is 1.26. The normalized spacial score (nSPS) is 18.7. The summed E-state index contributed by atoms with van der Waals surface area (Å²) in [7, 11) is 0. The fraction of sp³-hybridized carbons (Fsp3) is 0.333. The number of benzene rings is 2. The number of hydroxylamine groups is 2. The molecular weight excluding hydrogens is 366 g/mol. The summed E-state index contributed by atoms with van der Waals surface area (Å²) in [6.45, 7) is 1.11. The zero-order chi connectivity index (χ0) is 19.7. The van der Waals surface area contributed by atoms with Gasteiger partial charge in [-0.25, -0.2) is 13.8 Å². The first kappa shape index (κ1) is 18.6. The van der Waals surface area contributed by atoms with Crippen molar-refractivity contribution in [2.24, 2.45) is 0 Å². The van der Waals surface area contributed by atoms with Crippen molar-refractivity contribution in [2.45, 2.75) is 31.4 Å². The monoisotopic (exact) mass is 386 g/mol. The SMILES string of the molecule is O=C(c1cc(F)cc(F)c1)N1CCC2(CC1)CC(=O)N(Cc1ccccc1)O2. The van der Waals surface area contributed by atoms with Crippen LogP contribution in [0, 0.1) is 11.6 Å². The average Bonchev–Trinajstić information content (AvgIpc) is 2.96. The molecule has 7 heteroatoms. The molecule has 0 saturated carbocycles. The van der Waals surface area contributed by atoms with Crippen molar-refractivity contribution in [3.8, 4) is 0 Å². The van der Waals surface area contributed by atoms with Gasteiger partial charge in [-0.15, -0.1) is 0 Å². The van der Waals surface area contributed by atoms with E-state index in [0.717, 1.165) is 23.8 Å². The zero-order valence-electron chi connectivity index (χ0n) is 15.2. The lowest BCUT2D eigenvalue weighted by Crippen LogP contribution is -2.47. The summed E-state index contributed by atoms with van der Waals surface area (Å²) < 4.78 is 26.8. The topological polar surface area (TPSA) is 49.9 Å². The molecule has 0 atom stereocenters. The summed E-state index contributed by atoms with van der Waals surface area (Å²) in [5.74, 6) is -2.05. The fourth-order valence-electron chi connectivity index (χ4n) is 3.80. The van der Waals surface area contributed by atoms with Gasteiger partial charge in [0.05, 0.1) is 13.0 Å². The van der Waals surface area contributed by atoms with Gasteiger partial charge >= 0.3 is 0 Å². The molecule has 4 rings (SSSR count). The Morgan fingerprint density at radius 3 is 2.32 bits per heavy atom. The highest BCUT2D eigenvalue weighted by atomic mass is 19.1. The molecule has 2 heterocycles. The van der Waals surface area contributed by atoms with Crippen LogP contribution in [-0.4, -0.2) is 40.5 Å². The summed E-state index contributed by atoms with van der Waals surface area (Å²) in [6, 6.07) is 12.4. The lowest BCUT2D eigenvalue weighted by atomic mass is 9.88. The Bertz CT molecular complexity index is 876. The lowest BCUT2D eigenvalue weighted by Gasteiger charge is -2.37. The molecule has 146 valence electrons. The Hall–Kier alpha value is -2.80. The van der Waals surface area contributed by atoms with Crippen LogP contribution in [0.4, 0.5) is 8.78 Å². The van der Waals surface area contributed by atoms with Crippen molar-refractivity contribution in [1.29, 1.82) is 0 Å². The highest BCUT2D eigenvalue weighted by Crippen LogP contribution is 2.37. The Balaban J connectivity index is 1.39. The standard InChI is InChI=1S/C21H20F2N2O3/c22-17-10-16(11-18(23)12-17)20(27)24-8-6-21(7-9-24)13-19(26)25(28-21)14-15-4-2-1-3-5-15/h1-5,10-12H,6-9,13-14H2. The second-order valence-corrected chi connectivity index (χ2v) is 7.32. The molecule has 0 aliphatic carbocycles. The predicted molar refractivity (Wildman–Crippen MR) is 96.9 cm³/mol. The third-order valence-corrected chi connectivity index (χ3v) is 5.30. The van der Waals surface area contributed by atoms with E-state index >= 15 is 0 Å². The van der Waals surface area contributed by atoms with Gasteiger partial charge in [-0.3, -0.25) is 14.4 Å². The molecule has 0 unspecified atom stereocenters. The maximum Gasteiger partial charge on any atom is 0.254 e. The first-order valence-electron chi connectivity index (χ1n) is 9.23. The van der Waals surface area contributed by atoms with Crippen molar-refractivity contribution in [3.05, 3.63) is 71.3 Å². The van der Waals surface area contributed by atoms with Crippen LogP contribution in [0.25, 0.3) is 0 Å². The molecule has 2 fully saturated rings. The van der Waals surface area contributed by atoms with E-state index in [1.54, 1.807) is 4.90 Å². The number of nitrogens with zero attached hydrogens (tertiary/aromatic N) is 2. The molecular formula is C21H20F2N2O3. The minimum Gasteiger partial charge on any atom is -0.338 e. The van der Waals surface area contributed by atoms with E-state index < -0.39 is 23.1 Å². The number of amides is 2. The highest BCUT2D eigenvalue weighted by molar-refractivity contribution is 5.94. The minimum atomic E-state index is -0.780. The molecule has 0 N–H and O–H groups in total. The van der Waals surface area contributed by atoms with Gasteiger partial charge in [0.25, 0.3) is 5.91 Å². The van der Waals surface area contributed by atoms with Crippen LogP contribution in [0.3, 0.4) is 0 Å². The first-order valence-corrected chi connectivity index (χ1v) is 9.23.